The Bertz CT molecular complexity index is 514. The smallest absolute Gasteiger partial charge is 0.255 e. The van der Waals surface area contributed by atoms with E-state index >= 15 is 0 Å². The number of amides is 1. The molecule has 0 unspecified atom stereocenters. The van der Waals surface area contributed by atoms with Crippen LogP contribution in [0.3, 0.4) is 0 Å². The van der Waals surface area contributed by atoms with Gasteiger partial charge in [-0.2, -0.15) is 0 Å². The summed E-state index contributed by atoms with van der Waals surface area (Å²) in [4.78, 5) is 19.2. The Morgan fingerprint density at radius 1 is 1.45 bits per heavy atom. The molecule has 2 aliphatic heterocycles. The van der Waals surface area contributed by atoms with Gasteiger partial charge < -0.3 is 15.0 Å². The second kappa shape index (κ2) is 7.09. The van der Waals surface area contributed by atoms with Crippen molar-refractivity contribution in [2.75, 3.05) is 31.1 Å². The number of hydrogen-bond donors (Lipinski definition) is 1. The predicted molar refractivity (Wildman–Crippen MR) is 86.2 cm³/mol. The molecule has 0 bridgehead atoms. The lowest BCUT2D eigenvalue weighted by atomic mass is 10.00. The molecule has 0 saturated carbocycles. The third-order valence-electron chi connectivity index (χ3n) is 4.50. The number of anilines is 1. The number of carbonyl (C=O) groups is 1. The van der Waals surface area contributed by atoms with Crippen LogP contribution in [-0.4, -0.2) is 43.2 Å². The summed E-state index contributed by atoms with van der Waals surface area (Å²) in [5.41, 5.74) is 0.676. The quantitative estimate of drug-likeness (QED) is 0.927. The summed E-state index contributed by atoms with van der Waals surface area (Å²) in [6, 6.07) is 3.70. The van der Waals surface area contributed by atoms with Gasteiger partial charge in [-0.15, -0.1) is 0 Å². The van der Waals surface area contributed by atoms with E-state index in [-0.39, 0.29) is 12.0 Å². The highest BCUT2D eigenvalue weighted by Gasteiger charge is 2.23. The molecule has 5 nitrogen and oxygen atoms in total. The van der Waals surface area contributed by atoms with Crippen molar-refractivity contribution in [3.63, 3.8) is 0 Å². The molecule has 2 fully saturated rings. The number of rotatable bonds is 4. The molecular formula is C17H25N3O2. The monoisotopic (exact) mass is 303 g/mol. The Balaban J connectivity index is 1.68. The molecule has 1 aromatic heterocycles. The maximum Gasteiger partial charge on any atom is 0.255 e. The first-order valence-corrected chi connectivity index (χ1v) is 8.34. The third-order valence-corrected chi connectivity index (χ3v) is 4.50. The fourth-order valence-corrected chi connectivity index (χ4v) is 3.32. The molecule has 5 heteroatoms. The van der Waals surface area contributed by atoms with Crippen LogP contribution in [0.15, 0.2) is 18.3 Å². The van der Waals surface area contributed by atoms with Crippen molar-refractivity contribution in [1.29, 1.82) is 0 Å². The molecule has 0 radical (unpaired) electrons. The lowest BCUT2D eigenvalue weighted by molar-refractivity contribution is 0.0858. The average Bonchev–Trinajstić information content (AvgIpc) is 3.06. The normalized spacial score (nSPS) is 25.2. The van der Waals surface area contributed by atoms with Gasteiger partial charge in [-0.25, -0.2) is 4.98 Å². The van der Waals surface area contributed by atoms with E-state index in [9.17, 15) is 4.79 Å². The highest BCUT2D eigenvalue weighted by molar-refractivity contribution is 5.98. The van der Waals surface area contributed by atoms with Crippen LogP contribution in [0.1, 0.15) is 43.0 Å². The van der Waals surface area contributed by atoms with Crippen molar-refractivity contribution in [2.24, 2.45) is 5.92 Å². The standard InChI is InChI=1S/C17H25N3O2/c1-13-5-3-9-20(12-13)16-15(7-2-8-18-16)17(21)19-11-14-6-4-10-22-14/h2,7-8,13-14H,3-6,9-12H2,1H3,(H,19,21)/t13-,14-/m0/s1. The molecule has 0 aromatic carbocycles. The minimum atomic E-state index is -0.0446. The van der Waals surface area contributed by atoms with Crippen LogP contribution in [0.5, 0.6) is 0 Å². The average molecular weight is 303 g/mol. The first-order chi connectivity index (χ1) is 10.7. The van der Waals surface area contributed by atoms with Gasteiger partial charge in [0.2, 0.25) is 0 Å². The molecule has 3 rings (SSSR count). The van der Waals surface area contributed by atoms with Crippen molar-refractivity contribution in [3.05, 3.63) is 23.9 Å². The molecule has 0 aliphatic carbocycles. The van der Waals surface area contributed by atoms with E-state index in [1.807, 2.05) is 12.1 Å². The lowest BCUT2D eigenvalue weighted by Crippen LogP contribution is -2.38. The van der Waals surface area contributed by atoms with Gasteiger partial charge >= 0.3 is 0 Å². The molecule has 1 amide bonds. The van der Waals surface area contributed by atoms with Gasteiger partial charge in [-0.1, -0.05) is 6.92 Å². The molecule has 1 N–H and O–H groups in total. The zero-order valence-electron chi connectivity index (χ0n) is 13.3. The summed E-state index contributed by atoms with van der Waals surface area (Å²) in [5.74, 6) is 1.43. The molecule has 3 heterocycles. The number of aromatic nitrogens is 1. The number of hydrogen-bond acceptors (Lipinski definition) is 4. The van der Waals surface area contributed by atoms with Crippen LogP contribution < -0.4 is 10.2 Å². The number of nitrogens with one attached hydrogen (secondary N) is 1. The maximum absolute atomic E-state index is 12.5. The number of piperidine rings is 1. The summed E-state index contributed by atoms with van der Waals surface area (Å²) in [7, 11) is 0. The SMILES string of the molecule is C[C@H]1CCCN(c2ncccc2C(=O)NC[C@@H]2CCCO2)C1. The van der Waals surface area contributed by atoms with E-state index in [2.05, 4.69) is 22.1 Å². The van der Waals surface area contributed by atoms with Crippen LogP contribution in [0, 0.1) is 5.92 Å². The summed E-state index contributed by atoms with van der Waals surface area (Å²) in [5, 5.41) is 3.00. The molecule has 1 aromatic rings. The Morgan fingerprint density at radius 2 is 2.36 bits per heavy atom. The van der Waals surface area contributed by atoms with Gasteiger partial charge in [-0.05, 0) is 43.7 Å². The van der Waals surface area contributed by atoms with E-state index in [4.69, 9.17) is 4.74 Å². The Morgan fingerprint density at radius 3 is 3.14 bits per heavy atom. The predicted octanol–water partition coefficient (Wildman–Crippen LogP) is 2.23. The van der Waals surface area contributed by atoms with E-state index in [0.717, 1.165) is 44.8 Å². The first-order valence-electron chi connectivity index (χ1n) is 8.34. The van der Waals surface area contributed by atoms with E-state index < -0.39 is 0 Å². The van der Waals surface area contributed by atoms with Gasteiger partial charge in [0.15, 0.2) is 0 Å². The van der Waals surface area contributed by atoms with E-state index in [0.29, 0.717) is 18.0 Å². The van der Waals surface area contributed by atoms with Crippen molar-refractivity contribution < 1.29 is 9.53 Å². The van der Waals surface area contributed by atoms with Crippen LogP contribution in [0.4, 0.5) is 5.82 Å². The highest BCUT2D eigenvalue weighted by Crippen LogP contribution is 2.24. The summed E-state index contributed by atoms with van der Waals surface area (Å²) in [6.07, 6.45) is 6.47. The molecule has 120 valence electrons. The second-order valence-corrected chi connectivity index (χ2v) is 6.41. The van der Waals surface area contributed by atoms with Crippen molar-refractivity contribution in [2.45, 2.75) is 38.7 Å². The molecule has 2 atom stereocenters. The molecule has 2 saturated heterocycles. The van der Waals surface area contributed by atoms with Crippen LogP contribution >= 0.6 is 0 Å². The minimum Gasteiger partial charge on any atom is -0.376 e. The van der Waals surface area contributed by atoms with Gasteiger partial charge in [0.1, 0.15) is 5.82 Å². The summed E-state index contributed by atoms with van der Waals surface area (Å²) < 4.78 is 5.56. The van der Waals surface area contributed by atoms with Crippen molar-refractivity contribution in [1.82, 2.24) is 10.3 Å². The van der Waals surface area contributed by atoms with Crippen molar-refractivity contribution >= 4 is 11.7 Å². The number of pyridine rings is 1. The molecule has 22 heavy (non-hydrogen) atoms. The fourth-order valence-electron chi connectivity index (χ4n) is 3.32. The molecule has 2 aliphatic rings. The van der Waals surface area contributed by atoms with Crippen molar-refractivity contribution in [3.8, 4) is 0 Å². The minimum absolute atomic E-state index is 0.0446. The number of nitrogens with zero attached hydrogens (tertiary/aromatic N) is 2. The van der Waals surface area contributed by atoms with Crippen LogP contribution in [-0.2, 0) is 4.74 Å². The van der Waals surface area contributed by atoms with Gasteiger partial charge in [-0.3, -0.25) is 4.79 Å². The Hall–Kier alpha value is -1.62. The van der Waals surface area contributed by atoms with Crippen LogP contribution in [0.25, 0.3) is 0 Å². The third kappa shape index (κ3) is 3.58. The van der Waals surface area contributed by atoms with E-state index in [1.165, 1.54) is 6.42 Å². The fraction of sp³-hybridized carbons (Fsp3) is 0.647. The van der Waals surface area contributed by atoms with Gasteiger partial charge in [0, 0.05) is 32.4 Å². The maximum atomic E-state index is 12.5. The zero-order chi connectivity index (χ0) is 15.4. The largest absolute Gasteiger partial charge is 0.376 e. The first kappa shape index (κ1) is 15.3. The summed E-state index contributed by atoms with van der Waals surface area (Å²) in [6.45, 7) is 5.61. The topological polar surface area (TPSA) is 54.5 Å². The lowest BCUT2D eigenvalue weighted by Gasteiger charge is -2.32. The molecule has 0 spiro atoms. The number of carbonyl (C=O) groups excluding carboxylic acids is 1. The van der Waals surface area contributed by atoms with Gasteiger partial charge in [0.05, 0.1) is 11.7 Å². The molecular weight excluding hydrogens is 278 g/mol. The van der Waals surface area contributed by atoms with E-state index in [1.54, 1.807) is 6.20 Å². The summed E-state index contributed by atoms with van der Waals surface area (Å²) >= 11 is 0. The Kier molecular flexibility index (Phi) is 4.93. The Labute approximate surface area is 132 Å². The zero-order valence-corrected chi connectivity index (χ0v) is 13.3. The second-order valence-electron chi connectivity index (χ2n) is 6.41. The van der Waals surface area contributed by atoms with Crippen LogP contribution in [0.2, 0.25) is 0 Å². The number of ether oxygens (including phenoxy) is 1. The van der Waals surface area contributed by atoms with Gasteiger partial charge in [0.25, 0.3) is 5.91 Å². The highest BCUT2D eigenvalue weighted by atomic mass is 16.5.